The second-order valence-electron chi connectivity index (χ2n) is 5.58. The minimum atomic E-state index is -4.61. The first kappa shape index (κ1) is 21.7. The van der Waals surface area contributed by atoms with E-state index in [1.165, 1.54) is 32.3 Å². The van der Waals surface area contributed by atoms with Crippen LogP contribution in [0.4, 0.5) is 18.9 Å². The van der Waals surface area contributed by atoms with Gasteiger partial charge < -0.3 is 5.32 Å². The van der Waals surface area contributed by atoms with E-state index in [1.807, 2.05) is 0 Å². The molecule has 0 bridgehead atoms. The highest BCUT2D eigenvalue weighted by Crippen LogP contribution is 2.36. The Morgan fingerprint density at radius 3 is 2.33 bits per heavy atom. The molecule has 0 unspecified atom stereocenters. The van der Waals surface area contributed by atoms with Crippen LogP contribution in [0, 0.1) is 0 Å². The number of alkyl halides is 3. The Labute approximate surface area is 167 Å². The zero-order valence-electron chi connectivity index (χ0n) is 13.9. The predicted molar refractivity (Wildman–Crippen MR) is 99.4 cm³/mol. The molecule has 0 spiro atoms. The number of halogens is 5. The largest absolute Gasteiger partial charge is 0.417 e. The zero-order chi connectivity index (χ0) is 20.6. The van der Waals surface area contributed by atoms with E-state index >= 15 is 0 Å². The molecule has 0 aromatic heterocycles. The van der Waals surface area contributed by atoms with Crippen molar-refractivity contribution in [3.63, 3.8) is 0 Å². The molecule has 11 heteroatoms. The lowest BCUT2D eigenvalue weighted by molar-refractivity contribution is -0.138. The number of amides is 1. The van der Waals surface area contributed by atoms with Crippen LogP contribution >= 0.6 is 27.5 Å². The third-order valence-corrected chi connectivity index (χ3v) is 6.32. The Hall–Kier alpha value is -1.62. The second kappa shape index (κ2) is 7.78. The Bertz CT molecular complexity index is 995. The maximum absolute atomic E-state index is 13.0. The summed E-state index contributed by atoms with van der Waals surface area (Å²) in [7, 11) is -1.17. The average molecular weight is 486 g/mol. The quantitative estimate of drug-likeness (QED) is 0.687. The standard InChI is InChI=1S/C16H13BrClF3N2O3S/c1-23(2)27(25,26)10-4-6-14(18)11(8-10)15(24)22-9-3-5-13(17)12(7-9)16(19,20)21/h3-8H,1-2H3,(H,22,24). The summed E-state index contributed by atoms with van der Waals surface area (Å²) in [4.78, 5) is 12.3. The fourth-order valence-electron chi connectivity index (χ4n) is 2.07. The van der Waals surface area contributed by atoms with Crippen molar-refractivity contribution in [3.05, 3.63) is 57.0 Å². The normalized spacial score (nSPS) is 12.3. The van der Waals surface area contributed by atoms with Crippen molar-refractivity contribution >= 4 is 49.1 Å². The van der Waals surface area contributed by atoms with Crippen LogP contribution < -0.4 is 5.32 Å². The molecule has 0 atom stereocenters. The van der Waals surface area contributed by atoms with Crippen molar-refractivity contribution < 1.29 is 26.4 Å². The highest BCUT2D eigenvalue weighted by molar-refractivity contribution is 9.10. The topological polar surface area (TPSA) is 66.5 Å². The van der Waals surface area contributed by atoms with E-state index < -0.39 is 27.7 Å². The molecular formula is C16H13BrClF3N2O3S. The molecule has 146 valence electrons. The highest BCUT2D eigenvalue weighted by Gasteiger charge is 2.33. The molecule has 0 fully saturated rings. The van der Waals surface area contributed by atoms with Crippen LogP contribution in [0.2, 0.25) is 5.02 Å². The number of anilines is 1. The molecule has 27 heavy (non-hydrogen) atoms. The lowest BCUT2D eigenvalue weighted by Gasteiger charge is -2.14. The smallest absolute Gasteiger partial charge is 0.322 e. The molecule has 0 saturated carbocycles. The van der Waals surface area contributed by atoms with Crippen LogP contribution in [0.3, 0.4) is 0 Å². The van der Waals surface area contributed by atoms with Crippen LogP contribution in [0.15, 0.2) is 45.8 Å². The van der Waals surface area contributed by atoms with Gasteiger partial charge in [0, 0.05) is 24.3 Å². The lowest BCUT2D eigenvalue weighted by Crippen LogP contribution is -2.23. The lowest BCUT2D eigenvalue weighted by atomic mass is 10.1. The molecule has 0 aliphatic rings. The summed E-state index contributed by atoms with van der Waals surface area (Å²) in [6, 6.07) is 6.71. The van der Waals surface area contributed by atoms with Gasteiger partial charge in [0.2, 0.25) is 10.0 Å². The SMILES string of the molecule is CN(C)S(=O)(=O)c1ccc(Cl)c(C(=O)Nc2ccc(Br)c(C(F)(F)F)c2)c1. The maximum Gasteiger partial charge on any atom is 0.417 e. The number of nitrogens with zero attached hydrogens (tertiary/aromatic N) is 1. The van der Waals surface area contributed by atoms with E-state index in [0.717, 1.165) is 22.5 Å². The summed E-state index contributed by atoms with van der Waals surface area (Å²) in [6.45, 7) is 0. The minimum absolute atomic E-state index is 0.0432. The third kappa shape index (κ3) is 4.81. The predicted octanol–water partition coefficient (Wildman–Crippen LogP) is 4.62. The summed E-state index contributed by atoms with van der Waals surface area (Å²) in [5.74, 6) is -0.841. The molecular weight excluding hydrogens is 473 g/mol. The summed E-state index contributed by atoms with van der Waals surface area (Å²) in [6.07, 6.45) is -4.61. The molecule has 5 nitrogen and oxygen atoms in total. The first-order chi connectivity index (χ1) is 12.3. The molecule has 0 aliphatic heterocycles. The molecule has 0 aliphatic carbocycles. The van der Waals surface area contributed by atoms with E-state index in [2.05, 4.69) is 21.2 Å². The Morgan fingerprint density at radius 1 is 1.15 bits per heavy atom. The van der Waals surface area contributed by atoms with Gasteiger partial charge in [-0.15, -0.1) is 0 Å². The van der Waals surface area contributed by atoms with E-state index in [9.17, 15) is 26.4 Å². The molecule has 2 aromatic carbocycles. The Morgan fingerprint density at radius 2 is 1.78 bits per heavy atom. The van der Waals surface area contributed by atoms with Gasteiger partial charge in [0.05, 0.1) is 21.0 Å². The van der Waals surface area contributed by atoms with Crippen molar-refractivity contribution in [2.75, 3.05) is 19.4 Å². The number of sulfonamides is 1. The molecule has 0 saturated heterocycles. The first-order valence-corrected chi connectivity index (χ1v) is 9.85. The molecule has 1 amide bonds. The third-order valence-electron chi connectivity index (χ3n) is 3.49. The molecule has 0 radical (unpaired) electrons. The van der Waals surface area contributed by atoms with Gasteiger partial charge in [0.25, 0.3) is 5.91 Å². The van der Waals surface area contributed by atoms with E-state index in [4.69, 9.17) is 11.6 Å². The van der Waals surface area contributed by atoms with Crippen molar-refractivity contribution in [1.82, 2.24) is 4.31 Å². The van der Waals surface area contributed by atoms with Crippen LogP contribution in [0.1, 0.15) is 15.9 Å². The first-order valence-electron chi connectivity index (χ1n) is 7.24. The van der Waals surface area contributed by atoms with Crippen molar-refractivity contribution in [3.8, 4) is 0 Å². The molecule has 0 heterocycles. The number of carbonyl (C=O) groups excluding carboxylic acids is 1. The Kier molecular flexibility index (Phi) is 6.25. The van der Waals surface area contributed by atoms with Crippen molar-refractivity contribution in [1.29, 1.82) is 0 Å². The summed E-state index contributed by atoms with van der Waals surface area (Å²) < 4.78 is 64.1. The van der Waals surface area contributed by atoms with Gasteiger partial charge in [-0.05, 0) is 36.4 Å². The monoisotopic (exact) mass is 484 g/mol. The van der Waals surface area contributed by atoms with Crippen LogP contribution in [-0.2, 0) is 16.2 Å². The minimum Gasteiger partial charge on any atom is -0.322 e. The number of hydrogen-bond donors (Lipinski definition) is 1. The van der Waals surface area contributed by atoms with Crippen molar-refractivity contribution in [2.24, 2.45) is 0 Å². The fraction of sp³-hybridized carbons (Fsp3) is 0.188. The summed E-state index contributed by atoms with van der Waals surface area (Å²) in [5.41, 5.74) is -1.26. The second-order valence-corrected chi connectivity index (χ2v) is 8.99. The fourth-order valence-corrected chi connectivity index (χ4v) is 3.67. The Balaban J connectivity index is 2.40. The average Bonchev–Trinajstić information content (AvgIpc) is 2.55. The van der Waals surface area contributed by atoms with Crippen LogP contribution in [-0.4, -0.2) is 32.7 Å². The highest BCUT2D eigenvalue weighted by atomic mass is 79.9. The van der Waals surface area contributed by atoms with Gasteiger partial charge in [-0.3, -0.25) is 4.79 Å². The summed E-state index contributed by atoms with van der Waals surface area (Å²) >= 11 is 8.77. The zero-order valence-corrected chi connectivity index (χ0v) is 17.1. The van der Waals surface area contributed by atoms with E-state index in [0.29, 0.717) is 0 Å². The van der Waals surface area contributed by atoms with Gasteiger partial charge >= 0.3 is 6.18 Å². The van der Waals surface area contributed by atoms with Gasteiger partial charge in [0.1, 0.15) is 0 Å². The molecule has 2 rings (SSSR count). The van der Waals surface area contributed by atoms with E-state index in [1.54, 1.807) is 0 Å². The number of benzene rings is 2. The van der Waals surface area contributed by atoms with E-state index in [-0.39, 0.29) is 25.6 Å². The van der Waals surface area contributed by atoms with Crippen LogP contribution in [0.5, 0.6) is 0 Å². The van der Waals surface area contributed by atoms with Gasteiger partial charge in [-0.1, -0.05) is 27.5 Å². The number of hydrogen-bond acceptors (Lipinski definition) is 3. The number of carbonyl (C=O) groups is 1. The maximum atomic E-state index is 13.0. The molecule has 2 aromatic rings. The summed E-state index contributed by atoms with van der Waals surface area (Å²) in [5, 5.41) is 2.25. The van der Waals surface area contributed by atoms with Gasteiger partial charge in [0.15, 0.2) is 0 Å². The number of nitrogens with one attached hydrogen (secondary N) is 1. The van der Waals surface area contributed by atoms with Crippen molar-refractivity contribution in [2.45, 2.75) is 11.1 Å². The molecule has 1 N–H and O–H groups in total. The number of rotatable bonds is 4. The van der Waals surface area contributed by atoms with Gasteiger partial charge in [-0.2, -0.15) is 13.2 Å². The van der Waals surface area contributed by atoms with Crippen LogP contribution in [0.25, 0.3) is 0 Å². The van der Waals surface area contributed by atoms with Gasteiger partial charge in [-0.25, -0.2) is 12.7 Å².